The fourth-order valence-electron chi connectivity index (χ4n) is 3.51. The minimum Gasteiger partial charge on any atom is -0.468 e. The summed E-state index contributed by atoms with van der Waals surface area (Å²) in [5.41, 5.74) is 0.869. The SMILES string of the molecule is COC(=O)C1(c2ccc(C(=O)N(C(=O)Nc3ccc(Cl)cn3)c3ccccc3)cc2)CC1. The van der Waals surface area contributed by atoms with E-state index in [0.29, 0.717) is 29.1 Å². The molecule has 3 amide bonds. The van der Waals surface area contributed by atoms with Gasteiger partial charge in [0.15, 0.2) is 0 Å². The van der Waals surface area contributed by atoms with Crippen LogP contribution in [0.1, 0.15) is 28.8 Å². The zero-order valence-electron chi connectivity index (χ0n) is 17.2. The average Bonchev–Trinajstić information content (AvgIpc) is 3.63. The molecule has 7 nitrogen and oxygen atoms in total. The number of methoxy groups -OCH3 is 1. The van der Waals surface area contributed by atoms with E-state index < -0.39 is 17.4 Å². The number of urea groups is 1. The highest BCUT2D eigenvalue weighted by Gasteiger charge is 2.52. The van der Waals surface area contributed by atoms with E-state index in [0.717, 1.165) is 10.5 Å². The first-order chi connectivity index (χ1) is 15.4. The van der Waals surface area contributed by atoms with E-state index in [1.54, 1.807) is 66.7 Å². The standard InChI is InChI=1S/C24H20ClN3O4/c1-32-22(30)24(13-14-24)17-9-7-16(8-10-17)21(29)28(19-5-3-2-4-6-19)23(31)27-20-12-11-18(25)15-26-20/h2-12,15H,13-14H2,1H3,(H,26,27,31). The number of hydrogen-bond acceptors (Lipinski definition) is 5. The van der Waals surface area contributed by atoms with Gasteiger partial charge in [-0.1, -0.05) is 41.9 Å². The molecule has 0 saturated heterocycles. The van der Waals surface area contributed by atoms with Gasteiger partial charge in [0.1, 0.15) is 5.82 Å². The first-order valence-electron chi connectivity index (χ1n) is 9.95. The fraction of sp³-hybridized carbons (Fsp3) is 0.167. The topological polar surface area (TPSA) is 88.6 Å². The molecule has 3 aromatic rings. The lowest BCUT2D eigenvalue weighted by atomic mass is 9.95. The third-order valence-electron chi connectivity index (χ3n) is 5.39. The van der Waals surface area contributed by atoms with Gasteiger partial charge >= 0.3 is 12.0 Å². The van der Waals surface area contributed by atoms with Crippen LogP contribution in [0, 0.1) is 0 Å². The predicted octanol–water partition coefficient (Wildman–Crippen LogP) is 4.82. The van der Waals surface area contributed by atoms with Crippen LogP contribution in [0.5, 0.6) is 0 Å². The smallest absolute Gasteiger partial charge is 0.334 e. The maximum Gasteiger partial charge on any atom is 0.334 e. The lowest BCUT2D eigenvalue weighted by molar-refractivity contribution is -0.143. The molecule has 1 aromatic heterocycles. The van der Waals surface area contributed by atoms with E-state index in [4.69, 9.17) is 16.3 Å². The van der Waals surface area contributed by atoms with Gasteiger partial charge in [0.2, 0.25) is 0 Å². The Balaban J connectivity index is 1.61. The number of carbonyl (C=O) groups is 3. The molecular weight excluding hydrogens is 430 g/mol. The largest absolute Gasteiger partial charge is 0.468 e. The zero-order chi connectivity index (χ0) is 22.7. The number of imide groups is 1. The van der Waals surface area contributed by atoms with Crippen molar-refractivity contribution < 1.29 is 19.1 Å². The number of ether oxygens (including phenoxy) is 1. The fourth-order valence-corrected chi connectivity index (χ4v) is 3.62. The highest BCUT2D eigenvalue weighted by molar-refractivity contribution is 6.30. The van der Waals surface area contributed by atoms with Crippen molar-refractivity contribution in [3.63, 3.8) is 0 Å². The van der Waals surface area contributed by atoms with Crippen LogP contribution >= 0.6 is 11.6 Å². The summed E-state index contributed by atoms with van der Waals surface area (Å²) in [5, 5.41) is 3.05. The third kappa shape index (κ3) is 4.20. The second kappa shape index (κ2) is 8.80. The van der Waals surface area contributed by atoms with E-state index in [2.05, 4.69) is 10.3 Å². The molecule has 0 atom stereocenters. The Morgan fingerprint density at radius 2 is 1.69 bits per heavy atom. The van der Waals surface area contributed by atoms with Crippen LogP contribution in [0.3, 0.4) is 0 Å². The van der Waals surface area contributed by atoms with Crippen LogP contribution in [0.15, 0.2) is 72.9 Å². The minimum absolute atomic E-state index is 0.261. The highest BCUT2D eigenvalue weighted by Crippen LogP contribution is 2.49. The van der Waals surface area contributed by atoms with Crippen molar-refractivity contribution in [1.82, 2.24) is 4.98 Å². The van der Waals surface area contributed by atoms with E-state index >= 15 is 0 Å². The third-order valence-corrected chi connectivity index (χ3v) is 5.62. The normalized spacial score (nSPS) is 13.7. The maximum atomic E-state index is 13.3. The number of para-hydroxylation sites is 1. The molecule has 0 bridgehead atoms. The number of nitrogens with zero attached hydrogens (tertiary/aromatic N) is 2. The summed E-state index contributed by atoms with van der Waals surface area (Å²) in [7, 11) is 1.37. The van der Waals surface area contributed by atoms with Gasteiger partial charge < -0.3 is 4.74 Å². The van der Waals surface area contributed by atoms with Crippen molar-refractivity contribution in [3.05, 3.63) is 89.1 Å². The van der Waals surface area contributed by atoms with E-state index in [-0.39, 0.29) is 11.8 Å². The van der Waals surface area contributed by atoms with Gasteiger partial charge in [0, 0.05) is 11.8 Å². The number of rotatable bonds is 5. The first-order valence-corrected chi connectivity index (χ1v) is 10.3. The molecule has 32 heavy (non-hydrogen) atoms. The number of pyridine rings is 1. The van der Waals surface area contributed by atoms with Crippen LogP contribution in [-0.2, 0) is 14.9 Å². The lowest BCUT2D eigenvalue weighted by Gasteiger charge is -2.22. The van der Waals surface area contributed by atoms with Crippen molar-refractivity contribution >= 4 is 41.0 Å². The summed E-state index contributed by atoms with van der Waals surface area (Å²) in [6.07, 6.45) is 2.82. The Bertz CT molecular complexity index is 1140. The van der Waals surface area contributed by atoms with Crippen LogP contribution in [0.25, 0.3) is 0 Å². The Kier molecular flexibility index (Phi) is 5.92. The van der Waals surface area contributed by atoms with E-state index in [1.165, 1.54) is 13.3 Å². The quantitative estimate of drug-likeness (QED) is 0.564. The number of nitrogens with one attached hydrogen (secondary N) is 1. The second-order valence-electron chi connectivity index (χ2n) is 7.42. The van der Waals surface area contributed by atoms with Crippen LogP contribution in [0.2, 0.25) is 5.02 Å². The van der Waals surface area contributed by atoms with Crippen molar-refractivity contribution in [2.45, 2.75) is 18.3 Å². The molecule has 0 aliphatic heterocycles. The average molecular weight is 450 g/mol. The number of halogens is 1. The number of carbonyl (C=O) groups excluding carboxylic acids is 3. The Labute approximate surface area is 190 Å². The number of hydrogen-bond donors (Lipinski definition) is 1. The molecule has 8 heteroatoms. The molecular formula is C24H20ClN3O4. The Hall–Kier alpha value is -3.71. The number of amides is 3. The van der Waals surface area contributed by atoms with Gasteiger partial charge in [0.25, 0.3) is 5.91 Å². The van der Waals surface area contributed by atoms with Gasteiger partial charge in [-0.3, -0.25) is 14.9 Å². The summed E-state index contributed by atoms with van der Waals surface area (Å²) in [6, 6.07) is 17.8. The molecule has 2 aromatic carbocycles. The highest BCUT2D eigenvalue weighted by atomic mass is 35.5. The van der Waals surface area contributed by atoms with Crippen molar-refractivity contribution in [2.75, 3.05) is 17.3 Å². The molecule has 1 aliphatic carbocycles. The summed E-state index contributed by atoms with van der Waals surface area (Å²) < 4.78 is 4.92. The van der Waals surface area contributed by atoms with E-state index in [9.17, 15) is 14.4 Å². The molecule has 1 aliphatic rings. The number of benzene rings is 2. The summed E-state index contributed by atoms with van der Waals surface area (Å²) in [4.78, 5) is 43.6. The molecule has 162 valence electrons. The maximum absolute atomic E-state index is 13.3. The molecule has 1 N–H and O–H groups in total. The monoisotopic (exact) mass is 449 g/mol. The summed E-state index contributed by atoms with van der Waals surface area (Å²) >= 11 is 5.85. The molecule has 0 unspecified atom stereocenters. The van der Waals surface area contributed by atoms with Crippen LogP contribution < -0.4 is 10.2 Å². The van der Waals surface area contributed by atoms with Crippen molar-refractivity contribution in [1.29, 1.82) is 0 Å². The molecule has 0 radical (unpaired) electrons. The van der Waals surface area contributed by atoms with Crippen LogP contribution in [0.4, 0.5) is 16.3 Å². The lowest BCUT2D eigenvalue weighted by Crippen LogP contribution is -2.40. The summed E-state index contributed by atoms with van der Waals surface area (Å²) in [5.74, 6) is -0.535. The van der Waals surface area contributed by atoms with Gasteiger partial charge in [0.05, 0.1) is 23.2 Å². The molecule has 4 rings (SSSR count). The van der Waals surface area contributed by atoms with E-state index in [1.807, 2.05) is 0 Å². The predicted molar refractivity (Wildman–Crippen MR) is 121 cm³/mol. The van der Waals surface area contributed by atoms with Crippen LogP contribution in [-0.4, -0.2) is 30.0 Å². The van der Waals surface area contributed by atoms with Crippen molar-refractivity contribution in [3.8, 4) is 0 Å². The van der Waals surface area contributed by atoms with Gasteiger partial charge in [-0.05, 0) is 54.8 Å². The molecule has 1 fully saturated rings. The van der Waals surface area contributed by atoms with Gasteiger partial charge in [-0.2, -0.15) is 0 Å². The van der Waals surface area contributed by atoms with Gasteiger partial charge in [-0.25, -0.2) is 14.7 Å². The first kappa shape index (κ1) is 21.5. The Morgan fingerprint density at radius 3 is 2.25 bits per heavy atom. The second-order valence-corrected chi connectivity index (χ2v) is 7.86. The van der Waals surface area contributed by atoms with Gasteiger partial charge in [-0.15, -0.1) is 0 Å². The molecule has 1 heterocycles. The molecule has 0 spiro atoms. The summed E-state index contributed by atoms with van der Waals surface area (Å²) in [6.45, 7) is 0. The Morgan fingerprint density at radius 1 is 1.00 bits per heavy atom. The number of esters is 1. The number of anilines is 2. The van der Waals surface area contributed by atoms with Crippen molar-refractivity contribution in [2.24, 2.45) is 0 Å². The molecule has 1 saturated carbocycles. The minimum atomic E-state index is -0.659. The zero-order valence-corrected chi connectivity index (χ0v) is 18.0. The number of aromatic nitrogens is 1.